The van der Waals surface area contributed by atoms with Gasteiger partial charge in [0.2, 0.25) is 0 Å². The van der Waals surface area contributed by atoms with Crippen LogP contribution in [0.15, 0.2) is 0 Å². The molecular weight excluding hydrogens is 552 g/mol. The van der Waals surface area contributed by atoms with Crippen LogP contribution in [0.4, 0.5) is 0 Å². The first-order valence-corrected chi connectivity index (χ1v) is 16.4. The average molecular weight is 637 g/mol. The molecule has 0 aliphatic carbocycles. The minimum Gasteiger partial charge on any atom is -0.870 e. The maximum Gasteiger partial charge on any atom is 0.0757 e. The first kappa shape index (κ1) is 64.4. The fourth-order valence-corrected chi connectivity index (χ4v) is 5.37. The van der Waals surface area contributed by atoms with Crippen LogP contribution < -0.4 is 0 Å². The zero-order valence-electron chi connectivity index (χ0n) is 31.4. The minimum atomic E-state index is 0. The molecule has 0 rings (SSSR count). The molecule has 0 spiro atoms. The number of hydrogen-bond donors (Lipinski definition) is 0. The Morgan fingerprint density at radius 3 is 0.244 bits per heavy atom. The zero-order valence-corrected chi connectivity index (χ0v) is 33.0. The van der Waals surface area contributed by atoms with Gasteiger partial charge in [-0.05, 0) is 111 Å². The van der Waals surface area contributed by atoms with Crippen LogP contribution in [0.3, 0.4) is 0 Å². The van der Waals surface area contributed by atoms with E-state index in [1.165, 1.54) is 123 Å². The molecule has 0 fully saturated rings. The van der Waals surface area contributed by atoms with Gasteiger partial charge in [-0.2, -0.15) is 0 Å². The van der Waals surface area contributed by atoms with Gasteiger partial charge >= 0.3 is 0 Å². The molecule has 0 aromatic rings. The Hall–Kier alpha value is 0.394. The maximum atomic E-state index is 2.27. The van der Waals surface area contributed by atoms with E-state index in [4.69, 9.17) is 0 Å². The van der Waals surface area contributed by atoms with Crippen LogP contribution >= 0.6 is 0 Å². The van der Waals surface area contributed by atoms with Crippen LogP contribution in [-0.2, 0) is 21.7 Å². The van der Waals surface area contributed by atoms with Gasteiger partial charge in [-0.15, -0.1) is 0 Å². The van der Waals surface area contributed by atoms with E-state index in [1.807, 2.05) is 0 Å². The third kappa shape index (κ3) is 25.4. The van der Waals surface area contributed by atoms with Crippen molar-refractivity contribution in [1.29, 1.82) is 0 Å². The Labute approximate surface area is 276 Å². The van der Waals surface area contributed by atoms with E-state index in [0.29, 0.717) is 0 Å². The molecule has 0 aliphatic heterocycles. The summed E-state index contributed by atoms with van der Waals surface area (Å²) in [5, 5.41) is 0. The molecule has 8 nitrogen and oxygen atoms in total. The van der Waals surface area contributed by atoms with Gasteiger partial charge in [-0.25, -0.2) is 0 Å². The van der Waals surface area contributed by atoms with Crippen molar-refractivity contribution in [3.63, 3.8) is 0 Å². The summed E-state index contributed by atoms with van der Waals surface area (Å²) in [5.74, 6) is 0. The molecule has 0 saturated carbocycles. The Morgan fingerprint density at radius 2 is 0.244 bits per heavy atom. The maximum absolute atomic E-state index is 2.27. The van der Waals surface area contributed by atoms with Gasteiger partial charge in [0.15, 0.2) is 0 Å². The molecule has 0 bridgehead atoms. The standard InChI is InChI=1S/4C8H20N.4H2O.Ti/c4*1-5-9(6-2,7-3)8-4;;;;;/h4*5-8H2,1-4H3;4*1H2;/q4*+1;;;;;/p-4. The van der Waals surface area contributed by atoms with Crippen molar-refractivity contribution in [3.8, 4) is 0 Å². The van der Waals surface area contributed by atoms with Crippen molar-refractivity contribution in [3.05, 3.63) is 0 Å². The van der Waals surface area contributed by atoms with Gasteiger partial charge in [0.05, 0.1) is 105 Å². The predicted molar refractivity (Wildman–Crippen MR) is 177 cm³/mol. The molecule has 0 aromatic carbocycles. The fourth-order valence-electron chi connectivity index (χ4n) is 5.37. The summed E-state index contributed by atoms with van der Waals surface area (Å²) in [4.78, 5) is 0. The van der Waals surface area contributed by atoms with Crippen molar-refractivity contribution in [2.45, 2.75) is 111 Å². The second-order valence-electron chi connectivity index (χ2n) is 10.4. The topological polar surface area (TPSA) is 120 Å². The van der Waals surface area contributed by atoms with Crippen LogP contribution in [0.5, 0.6) is 0 Å². The molecule has 0 radical (unpaired) electrons. The number of quaternary nitrogens is 4. The monoisotopic (exact) mass is 637 g/mol. The van der Waals surface area contributed by atoms with E-state index in [0.717, 1.165) is 0 Å². The summed E-state index contributed by atoms with van der Waals surface area (Å²) in [6.45, 7) is 56.9. The average Bonchev–Trinajstić information content (AvgIpc) is 2.96. The molecular formula is C32H84N4O4Ti. The summed E-state index contributed by atoms with van der Waals surface area (Å²) in [5.41, 5.74) is 0. The first-order chi connectivity index (χ1) is 17.0. The van der Waals surface area contributed by atoms with Crippen LogP contribution in [-0.4, -0.2) is 145 Å². The van der Waals surface area contributed by atoms with E-state index >= 15 is 0 Å². The third-order valence-corrected chi connectivity index (χ3v) is 10.7. The van der Waals surface area contributed by atoms with Crippen LogP contribution in [0, 0.1) is 0 Å². The summed E-state index contributed by atoms with van der Waals surface area (Å²) in [7, 11) is 0. The van der Waals surface area contributed by atoms with E-state index < -0.39 is 0 Å². The molecule has 0 atom stereocenters. The summed E-state index contributed by atoms with van der Waals surface area (Å²) in [6, 6.07) is 0. The van der Waals surface area contributed by atoms with E-state index in [9.17, 15) is 0 Å². The van der Waals surface area contributed by atoms with Gasteiger partial charge in [0.1, 0.15) is 0 Å². The van der Waals surface area contributed by atoms with Crippen molar-refractivity contribution in [2.24, 2.45) is 0 Å². The van der Waals surface area contributed by atoms with Crippen LogP contribution in [0.1, 0.15) is 111 Å². The molecule has 41 heavy (non-hydrogen) atoms. The van der Waals surface area contributed by atoms with E-state index in [2.05, 4.69) is 111 Å². The zero-order chi connectivity index (χ0) is 29.3. The smallest absolute Gasteiger partial charge is 0.0757 e. The second-order valence-corrected chi connectivity index (χ2v) is 10.4. The van der Waals surface area contributed by atoms with Crippen molar-refractivity contribution in [2.75, 3.05) is 105 Å². The summed E-state index contributed by atoms with van der Waals surface area (Å²) >= 11 is 0. The van der Waals surface area contributed by atoms with E-state index in [1.54, 1.807) is 0 Å². The summed E-state index contributed by atoms with van der Waals surface area (Å²) < 4.78 is 5.11. The van der Waals surface area contributed by atoms with Gasteiger partial charge in [0, 0.05) is 21.7 Å². The van der Waals surface area contributed by atoms with Crippen molar-refractivity contribution < 1.29 is 61.6 Å². The quantitative estimate of drug-likeness (QED) is 0.136. The molecule has 4 N–H and O–H groups in total. The molecule has 0 heterocycles. The normalized spacial score (nSPS) is 10.5. The van der Waals surface area contributed by atoms with Gasteiger partial charge in [-0.3, -0.25) is 0 Å². The minimum absolute atomic E-state index is 0. The van der Waals surface area contributed by atoms with Crippen LogP contribution in [0.25, 0.3) is 0 Å². The molecule has 9 heteroatoms. The van der Waals surface area contributed by atoms with Crippen molar-refractivity contribution >= 4 is 0 Å². The van der Waals surface area contributed by atoms with Gasteiger partial charge < -0.3 is 39.8 Å². The number of rotatable bonds is 16. The molecule has 0 unspecified atom stereocenters. The molecule has 0 saturated heterocycles. The Bertz CT molecular complexity index is 295. The third-order valence-electron chi connectivity index (χ3n) is 10.7. The Kier molecular flexibility index (Phi) is 60.3. The second kappa shape index (κ2) is 38.4. The molecule has 260 valence electrons. The SMILES string of the molecule is CC[N+](CC)(CC)CC.CC[N+](CC)(CC)CC.CC[N+](CC)(CC)CC.CC[N+](CC)(CC)CC.[OH-].[OH-].[OH-].[OH-].[Ti]. The van der Waals surface area contributed by atoms with Crippen molar-refractivity contribution in [1.82, 2.24) is 0 Å². The largest absolute Gasteiger partial charge is 0.870 e. The molecule has 0 aromatic heterocycles. The Balaban J connectivity index is -0.0000000457. The number of nitrogens with zero attached hydrogens (tertiary/aromatic N) is 4. The van der Waals surface area contributed by atoms with Gasteiger partial charge in [-0.1, -0.05) is 0 Å². The molecule has 0 aliphatic rings. The van der Waals surface area contributed by atoms with Crippen LogP contribution in [0.2, 0.25) is 0 Å². The molecule has 0 amide bonds. The number of hydrogen-bond acceptors (Lipinski definition) is 4. The fraction of sp³-hybridized carbons (Fsp3) is 1.00. The first-order valence-electron chi connectivity index (χ1n) is 16.4. The Morgan fingerprint density at radius 1 is 0.195 bits per heavy atom. The van der Waals surface area contributed by atoms with E-state index in [-0.39, 0.29) is 43.6 Å². The predicted octanol–water partition coefficient (Wildman–Crippen LogP) is 6.82. The van der Waals surface area contributed by atoms with Gasteiger partial charge in [0.25, 0.3) is 0 Å². The summed E-state index contributed by atoms with van der Waals surface area (Å²) in [6.07, 6.45) is 0.